The Kier molecular flexibility index (Phi) is 22.9. The quantitative estimate of drug-likeness (QED) is 0.168. The van der Waals surface area contributed by atoms with Gasteiger partial charge in [0.25, 0.3) is 0 Å². The molecule has 0 saturated heterocycles. The van der Waals surface area contributed by atoms with Crippen molar-refractivity contribution in [1.82, 2.24) is 14.7 Å². The summed E-state index contributed by atoms with van der Waals surface area (Å²) in [6, 6.07) is 18.5. The summed E-state index contributed by atoms with van der Waals surface area (Å²) in [6.45, 7) is 11.0. The van der Waals surface area contributed by atoms with Crippen molar-refractivity contribution in [2.45, 2.75) is 104 Å². The number of sulfone groups is 1. The standard InChI is InChI=1S/C15H14N2OS.C7H11NO2S2.C7H10O2S2.5CH4/c1-10(2)18-15-14(13-8-5-9-19-13)16-11-6-3-4-7-12(11)17-15;1-6(2)8-12(9,10)7-4-3-5-11-7;1-6(2)11(8,9)7-4-3-5-10-7;;;;;/h3-10H,1-2H3;3-6,8H,1-2H3;3-6H,1-2H3;5*1H4. The van der Waals surface area contributed by atoms with E-state index in [1.807, 2.05) is 55.6 Å². The molecule has 0 bridgehead atoms. The topological polar surface area (TPSA) is 115 Å². The van der Waals surface area contributed by atoms with Crippen LogP contribution in [0.2, 0.25) is 0 Å². The zero-order chi connectivity index (χ0) is 30.9. The maximum Gasteiger partial charge on any atom is 0.250 e. The molecule has 266 valence electrons. The number of fused-ring (bicyclic) bond motifs is 1. The lowest BCUT2D eigenvalue weighted by Crippen LogP contribution is -2.29. The van der Waals surface area contributed by atoms with E-state index in [1.165, 1.54) is 22.7 Å². The lowest BCUT2D eigenvalue weighted by atomic mass is 10.2. The fourth-order valence-electron chi connectivity index (χ4n) is 3.31. The molecule has 0 saturated carbocycles. The molecule has 0 amide bonds. The molecule has 5 rings (SSSR count). The number of rotatable bonds is 8. The first-order chi connectivity index (χ1) is 19.8. The fraction of sp³-hybridized carbons (Fsp3) is 0.412. The van der Waals surface area contributed by atoms with E-state index >= 15 is 0 Å². The Balaban J connectivity index is -0.000000615. The number of thiophene rings is 3. The molecule has 8 nitrogen and oxygen atoms in total. The van der Waals surface area contributed by atoms with Crippen LogP contribution in [0.1, 0.15) is 78.7 Å². The van der Waals surface area contributed by atoms with Crippen molar-refractivity contribution in [2.24, 2.45) is 0 Å². The van der Waals surface area contributed by atoms with Crippen LogP contribution >= 0.6 is 34.0 Å². The average molecular weight is 746 g/mol. The number of ether oxygens (including phenoxy) is 1. The Hall–Kier alpha value is -2.68. The Bertz CT molecular complexity index is 1730. The van der Waals surface area contributed by atoms with Crippen LogP contribution in [0.15, 0.2) is 85.2 Å². The van der Waals surface area contributed by atoms with Crippen molar-refractivity contribution >= 4 is 64.9 Å². The summed E-state index contributed by atoms with van der Waals surface area (Å²) in [6.07, 6.45) is 0.0779. The second-order valence-electron chi connectivity index (χ2n) is 9.74. The molecule has 13 heteroatoms. The van der Waals surface area contributed by atoms with Crippen LogP contribution in [0.4, 0.5) is 0 Å². The molecular formula is C34H55N3O5S5. The van der Waals surface area contributed by atoms with Crippen LogP contribution in [-0.4, -0.2) is 44.2 Å². The molecule has 0 unspecified atom stereocenters. The molecule has 1 aromatic carbocycles. The molecule has 0 aliphatic rings. The summed E-state index contributed by atoms with van der Waals surface area (Å²) in [5.41, 5.74) is 2.57. The summed E-state index contributed by atoms with van der Waals surface area (Å²) >= 11 is 4.13. The lowest BCUT2D eigenvalue weighted by Gasteiger charge is -2.12. The predicted molar refractivity (Wildman–Crippen MR) is 209 cm³/mol. The molecule has 0 fully saturated rings. The highest BCUT2D eigenvalue weighted by atomic mass is 32.2. The van der Waals surface area contributed by atoms with Gasteiger partial charge in [-0.15, -0.1) is 34.0 Å². The van der Waals surface area contributed by atoms with Gasteiger partial charge in [0.2, 0.25) is 15.9 Å². The number of benzene rings is 1. The number of aromatic nitrogens is 2. The molecule has 0 aliphatic carbocycles. The normalized spacial score (nSPS) is 10.5. The van der Waals surface area contributed by atoms with Gasteiger partial charge in [0, 0.05) is 6.04 Å². The van der Waals surface area contributed by atoms with E-state index in [4.69, 9.17) is 9.72 Å². The van der Waals surface area contributed by atoms with Crippen LogP contribution in [-0.2, 0) is 19.9 Å². The van der Waals surface area contributed by atoms with Gasteiger partial charge in [0.05, 0.1) is 27.3 Å². The molecule has 1 N–H and O–H groups in total. The molecule has 0 spiro atoms. The van der Waals surface area contributed by atoms with Crippen molar-refractivity contribution < 1.29 is 21.6 Å². The predicted octanol–water partition coefficient (Wildman–Crippen LogP) is 10.7. The lowest BCUT2D eigenvalue weighted by molar-refractivity contribution is 0.234. The van der Waals surface area contributed by atoms with Gasteiger partial charge < -0.3 is 4.74 Å². The SMILES string of the molecule is C.C.C.C.C.CC(C)NS(=O)(=O)c1cccs1.CC(C)Oc1nc2ccccc2nc1-c1cccs1.CC(C)S(=O)(=O)c1cccs1. The minimum Gasteiger partial charge on any atom is -0.473 e. The smallest absolute Gasteiger partial charge is 0.250 e. The highest BCUT2D eigenvalue weighted by molar-refractivity contribution is 7.94. The maximum absolute atomic E-state index is 11.4. The molecular weight excluding hydrogens is 691 g/mol. The van der Waals surface area contributed by atoms with E-state index in [0.717, 1.165) is 21.6 Å². The number of sulfonamides is 1. The minimum absolute atomic E-state index is 0. The van der Waals surface area contributed by atoms with Gasteiger partial charge >= 0.3 is 0 Å². The van der Waals surface area contributed by atoms with E-state index in [1.54, 1.807) is 74.1 Å². The van der Waals surface area contributed by atoms with Gasteiger partial charge in [-0.05, 0) is 88.0 Å². The van der Waals surface area contributed by atoms with Crippen LogP contribution in [0.5, 0.6) is 5.88 Å². The Labute approximate surface area is 297 Å². The average Bonchev–Trinajstić information content (AvgIpc) is 3.71. The monoisotopic (exact) mass is 745 g/mol. The van der Waals surface area contributed by atoms with E-state index in [2.05, 4.69) is 9.71 Å². The zero-order valence-corrected chi connectivity index (χ0v) is 28.3. The molecule has 4 aromatic heterocycles. The molecule has 0 radical (unpaired) electrons. The fourth-order valence-corrected chi connectivity index (χ4v) is 8.73. The second-order valence-corrected chi connectivity index (χ2v) is 17.3. The highest BCUT2D eigenvalue weighted by Crippen LogP contribution is 2.32. The van der Waals surface area contributed by atoms with E-state index in [-0.39, 0.29) is 54.5 Å². The first-order valence-electron chi connectivity index (χ1n) is 13.1. The second kappa shape index (κ2) is 22.0. The van der Waals surface area contributed by atoms with Gasteiger partial charge in [-0.1, -0.05) is 67.5 Å². The van der Waals surface area contributed by atoms with Crippen molar-refractivity contribution in [3.63, 3.8) is 0 Å². The van der Waals surface area contributed by atoms with Gasteiger partial charge in [-0.2, -0.15) is 0 Å². The molecule has 4 heterocycles. The van der Waals surface area contributed by atoms with Crippen molar-refractivity contribution in [3.05, 3.63) is 76.8 Å². The largest absolute Gasteiger partial charge is 0.473 e. The molecule has 5 aromatic rings. The third-order valence-electron chi connectivity index (χ3n) is 5.19. The third kappa shape index (κ3) is 14.1. The molecule has 47 heavy (non-hydrogen) atoms. The summed E-state index contributed by atoms with van der Waals surface area (Å²) in [4.78, 5) is 10.4. The van der Waals surface area contributed by atoms with Crippen LogP contribution in [0, 0.1) is 0 Å². The third-order valence-corrected chi connectivity index (χ3v) is 12.7. The van der Waals surface area contributed by atoms with E-state index < -0.39 is 19.9 Å². The highest BCUT2D eigenvalue weighted by Gasteiger charge is 2.19. The Morgan fingerprint density at radius 2 is 1.13 bits per heavy atom. The van der Waals surface area contributed by atoms with Gasteiger partial charge in [0.1, 0.15) is 14.1 Å². The van der Waals surface area contributed by atoms with Gasteiger partial charge in [-0.25, -0.2) is 31.5 Å². The van der Waals surface area contributed by atoms with Crippen LogP contribution in [0.3, 0.4) is 0 Å². The zero-order valence-electron chi connectivity index (χ0n) is 24.2. The Morgan fingerprint density at radius 1 is 0.638 bits per heavy atom. The number of hydrogen-bond donors (Lipinski definition) is 1. The number of hydrogen-bond acceptors (Lipinski definition) is 10. The van der Waals surface area contributed by atoms with E-state index in [0.29, 0.717) is 14.3 Å². The van der Waals surface area contributed by atoms with Crippen LogP contribution in [0.25, 0.3) is 21.6 Å². The summed E-state index contributed by atoms with van der Waals surface area (Å²) in [5.74, 6) is 0.608. The maximum atomic E-state index is 11.4. The van der Waals surface area contributed by atoms with Crippen LogP contribution < -0.4 is 9.46 Å². The number of para-hydroxylation sites is 2. The summed E-state index contributed by atoms with van der Waals surface area (Å²) in [7, 11) is -6.26. The number of nitrogens with zero attached hydrogens (tertiary/aromatic N) is 2. The Morgan fingerprint density at radius 3 is 1.55 bits per heavy atom. The van der Waals surface area contributed by atoms with Crippen molar-refractivity contribution in [2.75, 3.05) is 0 Å². The first-order valence-corrected chi connectivity index (χ1v) is 18.8. The van der Waals surface area contributed by atoms with Crippen molar-refractivity contribution in [1.29, 1.82) is 0 Å². The van der Waals surface area contributed by atoms with Gasteiger partial charge in [-0.3, -0.25) is 0 Å². The van der Waals surface area contributed by atoms with Crippen molar-refractivity contribution in [3.8, 4) is 16.5 Å². The molecule has 0 atom stereocenters. The first kappa shape index (κ1) is 48.7. The summed E-state index contributed by atoms with van der Waals surface area (Å²) < 4.78 is 54.8. The summed E-state index contributed by atoms with van der Waals surface area (Å²) in [5, 5.41) is 5.23. The molecule has 0 aliphatic heterocycles. The minimum atomic E-state index is -3.25. The van der Waals surface area contributed by atoms with Gasteiger partial charge in [0.15, 0.2) is 9.84 Å². The number of nitrogens with one attached hydrogen (secondary N) is 1. The van der Waals surface area contributed by atoms with E-state index in [9.17, 15) is 16.8 Å².